The third kappa shape index (κ3) is 5.61. The number of hydrogen-bond donors (Lipinski definition) is 1. The van der Waals surface area contributed by atoms with Gasteiger partial charge in [-0.1, -0.05) is 0 Å². The molecular weight excluding hydrogens is 410 g/mol. The van der Waals surface area contributed by atoms with Crippen molar-refractivity contribution in [1.29, 1.82) is 0 Å². The maximum atomic E-state index is 12.5. The van der Waals surface area contributed by atoms with Crippen molar-refractivity contribution in [2.75, 3.05) is 13.7 Å². The van der Waals surface area contributed by atoms with Crippen LogP contribution in [0, 0.1) is 0 Å². The fourth-order valence-corrected chi connectivity index (χ4v) is 4.57. The zero-order valence-corrected chi connectivity index (χ0v) is 18.5. The van der Waals surface area contributed by atoms with E-state index >= 15 is 0 Å². The standard InChI is InChI=1S/C24H27N3O3S/c1-29-22-15-18(8-9-21(22)30-19-5-2-3-6-19)24(28)26-12-4-7-23-27-20(16-31-23)17-10-13-25-14-11-17/h8-11,13-16,19H,2-7,12H2,1H3,(H,26,28). The van der Waals surface area contributed by atoms with Crippen molar-refractivity contribution >= 4 is 17.2 Å². The summed E-state index contributed by atoms with van der Waals surface area (Å²) in [5, 5.41) is 6.11. The summed E-state index contributed by atoms with van der Waals surface area (Å²) in [7, 11) is 1.60. The number of aryl methyl sites for hydroxylation is 1. The molecule has 1 aromatic carbocycles. The normalized spacial score (nSPS) is 13.8. The predicted octanol–water partition coefficient (Wildman–Crippen LogP) is 4.90. The number of pyridine rings is 1. The van der Waals surface area contributed by atoms with Gasteiger partial charge in [0.05, 0.1) is 23.9 Å². The third-order valence-corrected chi connectivity index (χ3v) is 6.31. The molecule has 0 saturated heterocycles. The number of carbonyl (C=O) groups is 1. The zero-order valence-electron chi connectivity index (χ0n) is 17.7. The van der Waals surface area contributed by atoms with E-state index in [0.717, 1.165) is 41.9 Å². The number of benzene rings is 1. The van der Waals surface area contributed by atoms with Crippen LogP contribution in [0.3, 0.4) is 0 Å². The molecule has 4 rings (SSSR count). The molecule has 162 valence electrons. The molecule has 2 heterocycles. The summed E-state index contributed by atoms with van der Waals surface area (Å²) in [5.74, 6) is 1.20. The van der Waals surface area contributed by atoms with Gasteiger partial charge >= 0.3 is 0 Å². The molecule has 0 unspecified atom stereocenters. The number of thiazole rings is 1. The molecule has 1 amide bonds. The average molecular weight is 438 g/mol. The monoisotopic (exact) mass is 437 g/mol. The van der Waals surface area contributed by atoms with Crippen LogP contribution in [0.2, 0.25) is 0 Å². The smallest absolute Gasteiger partial charge is 0.251 e. The Morgan fingerprint density at radius 1 is 1.16 bits per heavy atom. The first-order chi connectivity index (χ1) is 15.2. The Bertz CT molecular complexity index is 1000. The van der Waals surface area contributed by atoms with Crippen molar-refractivity contribution in [2.24, 2.45) is 0 Å². The largest absolute Gasteiger partial charge is 0.493 e. The van der Waals surface area contributed by atoms with Crippen LogP contribution in [0.25, 0.3) is 11.3 Å². The van der Waals surface area contributed by atoms with Crippen molar-refractivity contribution in [1.82, 2.24) is 15.3 Å². The Balaban J connectivity index is 1.26. The lowest BCUT2D eigenvalue weighted by molar-refractivity contribution is 0.0952. The summed E-state index contributed by atoms with van der Waals surface area (Å²) >= 11 is 1.64. The van der Waals surface area contributed by atoms with Gasteiger partial charge in [0.25, 0.3) is 5.91 Å². The number of methoxy groups -OCH3 is 1. The van der Waals surface area contributed by atoms with Gasteiger partial charge in [0, 0.05) is 41.9 Å². The van der Waals surface area contributed by atoms with Crippen molar-refractivity contribution in [3.63, 3.8) is 0 Å². The lowest BCUT2D eigenvalue weighted by atomic mass is 10.1. The van der Waals surface area contributed by atoms with E-state index in [1.54, 1.807) is 43.0 Å². The molecule has 2 aromatic heterocycles. The average Bonchev–Trinajstić information content (AvgIpc) is 3.50. The van der Waals surface area contributed by atoms with E-state index in [1.807, 2.05) is 18.2 Å². The van der Waals surface area contributed by atoms with Gasteiger partial charge < -0.3 is 14.8 Å². The third-order valence-electron chi connectivity index (χ3n) is 5.40. The van der Waals surface area contributed by atoms with E-state index in [-0.39, 0.29) is 12.0 Å². The second-order valence-electron chi connectivity index (χ2n) is 7.61. The summed E-state index contributed by atoms with van der Waals surface area (Å²) in [6.45, 7) is 0.589. The fourth-order valence-electron chi connectivity index (χ4n) is 3.72. The number of nitrogens with one attached hydrogen (secondary N) is 1. The Kier molecular flexibility index (Phi) is 7.14. The lowest BCUT2D eigenvalue weighted by Gasteiger charge is -2.16. The van der Waals surface area contributed by atoms with Gasteiger partial charge in [-0.15, -0.1) is 11.3 Å². The Labute approximate surface area is 186 Å². The molecule has 1 fully saturated rings. The molecule has 1 N–H and O–H groups in total. The van der Waals surface area contributed by atoms with Gasteiger partial charge in [-0.25, -0.2) is 4.98 Å². The lowest BCUT2D eigenvalue weighted by Crippen LogP contribution is -2.24. The van der Waals surface area contributed by atoms with E-state index in [9.17, 15) is 4.79 Å². The van der Waals surface area contributed by atoms with Crippen LogP contribution in [0.4, 0.5) is 0 Å². The van der Waals surface area contributed by atoms with Crippen LogP contribution in [0.5, 0.6) is 11.5 Å². The molecule has 0 atom stereocenters. The molecule has 0 bridgehead atoms. The molecular formula is C24H27N3O3S. The summed E-state index contributed by atoms with van der Waals surface area (Å²) in [4.78, 5) is 21.3. The van der Waals surface area contributed by atoms with Gasteiger partial charge in [0.2, 0.25) is 0 Å². The minimum absolute atomic E-state index is 0.109. The van der Waals surface area contributed by atoms with E-state index < -0.39 is 0 Å². The summed E-state index contributed by atoms with van der Waals surface area (Å²) in [6.07, 6.45) is 10.0. The van der Waals surface area contributed by atoms with Gasteiger partial charge in [-0.3, -0.25) is 9.78 Å². The van der Waals surface area contributed by atoms with E-state index in [4.69, 9.17) is 9.47 Å². The van der Waals surface area contributed by atoms with Crippen LogP contribution in [0.15, 0.2) is 48.1 Å². The van der Waals surface area contributed by atoms with Crippen LogP contribution in [0.1, 0.15) is 47.5 Å². The Morgan fingerprint density at radius 3 is 2.74 bits per heavy atom. The molecule has 1 aliphatic carbocycles. The van der Waals surface area contributed by atoms with Gasteiger partial charge in [0.15, 0.2) is 11.5 Å². The maximum Gasteiger partial charge on any atom is 0.251 e. The number of hydrogen-bond acceptors (Lipinski definition) is 6. The number of carbonyl (C=O) groups excluding carboxylic acids is 1. The highest BCUT2D eigenvalue weighted by Gasteiger charge is 2.19. The highest BCUT2D eigenvalue weighted by atomic mass is 32.1. The molecule has 7 heteroatoms. The summed E-state index contributed by atoms with van der Waals surface area (Å²) in [6, 6.07) is 9.29. The molecule has 0 spiro atoms. The molecule has 0 radical (unpaired) electrons. The van der Waals surface area contributed by atoms with Crippen LogP contribution < -0.4 is 14.8 Å². The molecule has 0 aliphatic heterocycles. The number of ether oxygens (including phenoxy) is 2. The first-order valence-electron chi connectivity index (χ1n) is 10.7. The Morgan fingerprint density at radius 2 is 1.97 bits per heavy atom. The van der Waals surface area contributed by atoms with Gasteiger partial charge in [-0.2, -0.15) is 0 Å². The van der Waals surface area contributed by atoms with Gasteiger partial charge in [-0.05, 0) is 62.4 Å². The van der Waals surface area contributed by atoms with Crippen molar-refractivity contribution in [3.05, 3.63) is 58.7 Å². The van der Waals surface area contributed by atoms with E-state index in [1.165, 1.54) is 12.8 Å². The van der Waals surface area contributed by atoms with E-state index in [2.05, 4.69) is 20.7 Å². The molecule has 1 aliphatic rings. The Hall–Kier alpha value is -2.93. The number of nitrogens with zero attached hydrogens (tertiary/aromatic N) is 2. The van der Waals surface area contributed by atoms with Crippen LogP contribution in [-0.2, 0) is 6.42 Å². The minimum Gasteiger partial charge on any atom is -0.493 e. The maximum absolute atomic E-state index is 12.5. The van der Waals surface area contributed by atoms with Crippen molar-refractivity contribution in [2.45, 2.75) is 44.6 Å². The van der Waals surface area contributed by atoms with Crippen LogP contribution >= 0.6 is 11.3 Å². The highest BCUT2D eigenvalue weighted by Crippen LogP contribution is 2.32. The number of aromatic nitrogens is 2. The van der Waals surface area contributed by atoms with Crippen molar-refractivity contribution < 1.29 is 14.3 Å². The minimum atomic E-state index is -0.109. The number of amides is 1. The first kappa shape index (κ1) is 21.3. The SMILES string of the molecule is COc1cc(C(=O)NCCCc2nc(-c3ccncc3)cs2)ccc1OC1CCCC1. The molecule has 31 heavy (non-hydrogen) atoms. The first-order valence-corrected chi connectivity index (χ1v) is 11.6. The highest BCUT2D eigenvalue weighted by molar-refractivity contribution is 7.09. The second kappa shape index (κ2) is 10.4. The summed E-state index contributed by atoms with van der Waals surface area (Å²) < 4.78 is 11.5. The number of rotatable bonds is 9. The molecule has 6 nitrogen and oxygen atoms in total. The summed E-state index contributed by atoms with van der Waals surface area (Å²) in [5.41, 5.74) is 2.61. The van der Waals surface area contributed by atoms with Gasteiger partial charge in [0.1, 0.15) is 0 Å². The molecule has 3 aromatic rings. The van der Waals surface area contributed by atoms with E-state index in [0.29, 0.717) is 23.6 Å². The fraction of sp³-hybridized carbons (Fsp3) is 0.375. The molecule has 1 saturated carbocycles. The van der Waals surface area contributed by atoms with Crippen molar-refractivity contribution in [3.8, 4) is 22.8 Å². The second-order valence-corrected chi connectivity index (χ2v) is 8.55. The zero-order chi connectivity index (χ0) is 21.5. The quantitative estimate of drug-likeness (QED) is 0.482. The topological polar surface area (TPSA) is 73.3 Å². The van der Waals surface area contributed by atoms with Crippen LogP contribution in [-0.4, -0.2) is 35.6 Å². The predicted molar refractivity (Wildman–Crippen MR) is 122 cm³/mol.